The standard InChI is InChI=1S/C20H19N3O4.C2HF3O2/c1-25-16-6-7-18-13(9-16)8-14(11-26-18)20(24)23-15-4-2-12(3-5-15)17-10-22-27-19(17)21;3-2(4,5)1(6)7/h2-7,9-10,14H,8,11,21H2,1H3,(H,23,24);(H,6,7). The molecule has 4 rings (SSSR count). The van der Waals surface area contributed by atoms with Gasteiger partial charge in [-0.2, -0.15) is 13.2 Å². The number of carbonyl (C=O) groups excluding carboxylic acids is 1. The second kappa shape index (κ2) is 10.1. The van der Waals surface area contributed by atoms with Crippen LogP contribution in [0.15, 0.2) is 53.2 Å². The Labute approximate surface area is 191 Å². The molecule has 2 heterocycles. The molecule has 1 aromatic heterocycles. The van der Waals surface area contributed by atoms with Gasteiger partial charge >= 0.3 is 12.1 Å². The van der Waals surface area contributed by atoms with Gasteiger partial charge < -0.3 is 30.2 Å². The highest BCUT2D eigenvalue weighted by molar-refractivity contribution is 5.93. The van der Waals surface area contributed by atoms with Gasteiger partial charge in [-0.25, -0.2) is 4.79 Å². The molecule has 180 valence electrons. The molecule has 4 N–H and O–H groups in total. The summed E-state index contributed by atoms with van der Waals surface area (Å²) in [6.45, 7) is 0.348. The number of hydrogen-bond acceptors (Lipinski definition) is 7. The second-order valence-electron chi connectivity index (χ2n) is 7.16. The van der Waals surface area contributed by atoms with E-state index in [1.165, 1.54) is 0 Å². The van der Waals surface area contributed by atoms with Crippen molar-refractivity contribution in [3.8, 4) is 22.6 Å². The smallest absolute Gasteiger partial charge is 0.490 e. The summed E-state index contributed by atoms with van der Waals surface area (Å²) in [6, 6.07) is 13.0. The molecular weight excluding hydrogens is 459 g/mol. The van der Waals surface area contributed by atoms with Crippen LogP contribution >= 0.6 is 0 Å². The maximum atomic E-state index is 12.6. The Bertz CT molecular complexity index is 1160. The van der Waals surface area contributed by atoms with Crippen LogP contribution in [0.1, 0.15) is 5.56 Å². The van der Waals surface area contributed by atoms with Crippen molar-refractivity contribution in [1.29, 1.82) is 0 Å². The summed E-state index contributed by atoms with van der Waals surface area (Å²) >= 11 is 0. The third kappa shape index (κ3) is 5.97. The third-order valence-electron chi connectivity index (χ3n) is 4.85. The van der Waals surface area contributed by atoms with Gasteiger partial charge in [-0.05, 0) is 47.9 Å². The summed E-state index contributed by atoms with van der Waals surface area (Å²) in [5, 5.41) is 13.7. The minimum atomic E-state index is -5.08. The van der Waals surface area contributed by atoms with Gasteiger partial charge in [-0.15, -0.1) is 0 Å². The predicted octanol–water partition coefficient (Wildman–Crippen LogP) is 3.76. The number of nitrogens with two attached hydrogens (primary N) is 1. The molecule has 0 spiro atoms. The molecule has 1 unspecified atom stereocenters. The number of ether oxygens (including phenoxy) is 2. The van der Waals surface area contributed by atoms with Crippen molar-refractivity contribution in [2.75, 3.05) is 24.8 Å². The van der Waals surface area contributed by atoms with Crippen molar-refractivity contribution < 1.29 is 41.9 Å². The van der Waals surface area contributed by atoms with Crippen LogP contribution in [-0.4, -0.2) is 42.0 Å². The van der Waals surface area contributed by atoms with Crippen LogP contribution in [0, 0.1) is 5.92 Å². The van der Waals surface area contributed by atoms with E-state index in [4.69, 9.17) is 29.6 Å². The van der Waals surface area contributed by atoms with Crippen LogP contribution in [0.5, 0.6) is 11.5 Å². The number of benzene rings is 2. The number of amides is 1. The van der Waals surface area contributed by atoms with Crippen LogP contribution in [0.3, 0.4) is 0 Å². The Hall–Kier alpha value is -4.22. The Morgan fingerprint density at radius 3 is 2.44 bits per heavy atom. The summed E-state index contributed by atoms with van der Waals surface area (Å²) in [4.78, 5) is 21.5. The van der Waals surface area contributed by atoms with E-state index in [9.17, 15) is 18.0 Å². The van der Waals surface area contributed by atoms with Gasteiger partial charge in [0.1, 0.15) is 18.1 Å². The normalized spacial score (nSPS) is 14.6. The van der Waals surface area contributed by atoms with E-state index in [0.717, 1.165) is 28.2 Å². The molecule has 1 aliphatic heterocycles. The summed E-state index contributed by atoms with van der Waals surface area (Å²) in [5.41, 5.74) is 8.99. The fourth-order valence-corrected chi connectivity index (χ4v) is 3.11. The van der Waals surface area contributed by atoms with Gasteiger partial charge in [0.2, 0.25) is 11.8 Å². The SMILES string of the molecule is COc1ccc2c(c1)CC(C(=O)Nc1ccc(-c3cnoc3N)cc1)CO2.O=C(O)C(F)(F)F. The number of aliphatic carboxylic acids is 1. The lowest BCUT2D eigenvalue weighted by atomic mass is 9.95. The fraction of sp³-hybridized carbons (Fsp3) is 0.227. The van der Waals surface area contributed by atoms with Crippen molar-refractivity contribution >= 4 is 23.4 Å². The average Bonchev–Trinajstić information content (AvgIpc) is 3.24. The Morgan fingerprint density at radius 1 is 1.21 bits per heavy atom. The zero-order valence-corrected chi connectivity index (χ0v) is 17.8. The summed E-state index contributed by atoms with van der Waals surface area (Å²) in [7, 11) is 1.62. The van der Waals surface area contributed by atoms with Gasteiger partial charge in [-0.1, -0.05) is 17.3 Å². The zero-order chi connectivity index (χ0) is 24.9. The first kappa shape index (κ1) is 24.4. The molecule has 3 aromatic rings. The Kier molecular flexibility index (Phi) is 7.29. The van der Waals surface area contributed by atoms with E-state index in [-0.39, 0.29) is 17.7 Å². The lowest BCUT2D eigenvalue weighted by Gasteiger charge is -2.25. The molecule has 0 saturated carbocycles. The van der Waals surface area contributed by atoms with Gasteiger partial charge in [0.15, 0.2) is 0 Å². The monoisotopic (exact) mass is 479 g/mol. The number of halogens is 3. The van der Waals surface area contributed by atoms with E-state index in [1.807, 2.05) is 42.5 Å². The lowest BCUT2D eigenvalue weighted by Crippen LogP contribution is -2.32. The molecule has 1 atom stereocenters. The van der Waals surface area contributed by atoms with Crippen molar-refractivity contribution in [2.45, 2.75) is 12.6 Å². The van der Waals surface area contributed by atoms with Crippen LogP contribution in [0.25, 0.3) is 11.1 Å². The lowest BCUT2D eigenvalue weighted by molar-refractivity contribution is -0.192. The minimum Gasteiger partial charge on any atom is -0.497 e. The maximum absolute atomic E-state index is 12.6. The number of methoxy groups -OCH3 is 1. The molecule has 1 amide bonds. The number of rotatable bonds is 4. The van der Waals surface area contributed by atoms with Gasteiger partial charge in [0.05, 0.1) is 24.8 Å². The van der Waals surface area contributed by atoms with E-state index in [0.29, 0.717) is 18.7 Å². The predicted molar refractivity (Wildman–Crippen MR) is 114 cm³/mol. The van der Waals surface area contributed by atoms with Crippen molar-refractivity contribution in [2.24, 2.45) is 5.92 Å². The maximum Gasteiger partial charge on any atom is 0.490 e. The third-order valence-corrected chi connectivity index (χ3v) is 4.85. The fourth-order valence-electron chi connectivity index (χ4n) is 3.11. The largest absolute Gasteiger partial charge is 0.497 e. The molecule has 2 aromatic carbocycles. The van der Waals surface area contributed by atoms with Crippen molar-refractivity contribution in [3.63, 3.8) is 0 Å². The topological polar surface area (TPSA) is 137 Å². The molecule has 12 heteroatoms. The Balaban J connectivity index is 0.000000406. The summed E-state index contributed by atoms with van der Waals surface area (Å²) < 4.78 is 47.6. The molecule has 9 nitrogen and oxygen atoms in total. The number of hydrogen-bond donors (Lipinski definition) is 3. The molecule has 0 fully saturated rings. The molecule has 1 aliphatic rings. The van der Waals surface area contributed by atoms with E-state index in [2.05, 4.69) is 10.5 Å². The highest BCUT2D eigenvalue weighted by atomic mass is 19.4. The van der Waals surface area contributed by atoms with Crippen LogP contribution < -0.4 is 20.5 Å². The van der Waals surface area contributed by atoms with Crippen LogP contribution in [0.4, 0.5) is 24.7 Å². The number of fused-ring (bicyclic) bond motifs is 1. The summed E-state index contributed by atoms with van der Waals surface area (Å²) in [5.74, 6) is -1.29. The minimum absolute atomic E-state index is 0.0827. The highest BCUT2D eigenvalue weighted by Gasteiger charge is 2.38. The number of nitrogen functional groups attached to an aromatic ring is 1. The molecule has 34 heavy (non-hydrogen) atoms. The quantitative estimate of drug-likeness (QED) is 0.515. The van der Waals surface area contributed by atoms with E-state index in [1.54, 1.807) is 13.3 Å². The number of carbonyl (C=O) groups is 2. The van der Waals surface area contributed by atoms with Crippen molar-refractivity contribution in [1.82, 2.24) is 5.16 Å². The molecule has 0 bridgehead atoms. The number of anilines is 2. The first-order valence-corrected chi connectivity index (χ1v) is 9.79. The van der Waals surface area contributed by atoms with Gasteiger partial charge in [-0.3, -0.25) is 4.79 Å². The average molecular weight is 479 g/mol. The van der Waals surface area contributed by atoms with Crippen molar-refractivity contribution in [3.05, 3.63) is 54.2 Å². The second-order valence-corrected chi connectivity index (χ2v) is 7.16. The summed E-state index contributed by atoms with van der Waals surface area (Å²) in [6.07, 6.45) is -2.92. The first-order valence-electron chi connectivity index (χ1n) is 9.79. The van der Waals surface area contributed by atoms with Gasteiger partial charge in [0.25, 0.3) is 0 Å². The molecule has 0 saturated heterocycles. The molecule has 0 radical (unpaired) electrons. The first-order chi connectivity index (χ1) is 16.1. The number of nitrogens with one attached hydrogen (secondary N) is 1. The van der Waals surface area contributed by atoms with Crippen LogP contribution in [0.2, 0.25) is 0 Å². The zero-order valence-electron chi connectivity index (χ0n) is 17.8. The molecule has 0 aliphatic carbocycles. The highest BCUT2D eigenvalue weighted by Crippen LogP contribution is 2.31. The van der Waals surface area contributed by atoms with Gasteiger partial charge in [0, 0.05) is 5.69 Å². The number of carboxylic acids is 1. The number of alkyl halides is 3. The molecular formula is C22H20F3N3O6. The number of nitrogens with zero attached hydrogens (tertiary/aromatic N) is 1. The van der Waals surface area contributed by atoms with E-state index < -0.39 is 12.1 Å². The number of carboxylic acid groups (broad SMARTS) is 1. The Morgan fingerprint density at radius 2 is 1.88 bits per heavy atom. The number of aromatic nitrogens is 1. The van der Waals surface area contributed by atoms with Crippen LogP contribution in [-0.2, 0) is 16.0 Å². The van der Waals surface area contributed by atoms with E-state index >= 15 is 0 Å².